The van der Waals surface area contributed by atoms with Gasteiger partial charge in [0.25, 0.3) is 5.92 Å². The second-order valence-corrected chi connectivity index (χ2v) is 7.03. The SMILES string of the molecule is COCC(C)Oc1ccc(Cl)cc1S(=O)(=O)NCC(F)(F)CN.Cl. The summed E-state index contributed by atoms with van der Waals surface area (Å²) >= 11 is 5.80. The van der Waals surface area contributed by atoms with Crippen molar-refractivity contribution >= 4 is 34.0 Å². The molecule has 3 N–H and O–H groups in total. The number of nitrogens with one attached hydrogen (secondary N) is 1. The average molecular weight is 409 g/mol. The molecule has 0 spiro atoms. The topological polar surface area (TPSA) is 90.6 Å². The number of rotatable bonds is 9. The Kier molecular flexibility index (Phi) is 9.40. The van der Waals surface area contributed by atoms with E-state index in [1.807, 2.05) is 4.72 Å². The van der Waals surface area contributed by atoms with E-state index in [1.54, 1.807) is 6.92 Å². The van der Waals surface area contributed by atoms with Crippen LogP contribution in [0.25, 0.3) is 0 Å². The van der Waals surface area contributed by atoms with Crippen LogP contribution in [0.4, 0.5) is 8.78 Å². The van der Waals surface area contributed by atoms with Crippen LogP contribution in [-0.2, 0) is 14.8 Å². The quantitative estimate of drug-likeness (QED) is 0.652. The molecule has 140 valence electrons. The molecule has 0 bridgehead atoms. The summed E-state index contributed by atoms with van der Waals surface area (Å²) in [5.41, 5.74) is 4.88. The lowest BCUT2D eigenvalue weighted by Crippen LogP contribution is -2.41. The third-order valence-electron chi connectivity index (χ3n) is 2.74. The first-order valence-corrected chi connectivity index (χ1v) is 8.50. The number of hydrogen-bond donors (Lipinski definition) is 2. The van der Waals surface area contributed by atoms with Crippen LogP contribution in [0.15, 0.2) is 23.1 Å². The van der Waals surface area contributed by atoms with Crippen LogP contribution in [0, 0.1) is 0 Å². The van der Waals surface area contributed by atoms with Crippen molar-refractivity contribution in [3.63, 3.8) is 0 Å². The number of sulfonamides is 1. The smallest absolute Gasteiger partial charge is 0.273 e. The van der Waals surface area contributed by atoms with Crippen LogP contribution in [-0.4, -0.2) is 47.3 Å². The lowest BCUT2D eigenvalue weighted by molar-refractivity contribution is 0.0170. The Balaban J connectivity index is 0.00000529. The van der Waals surface area contributed by atoms with Gasteiger partial charge in [-0.05, 0) is 25.1 Å². The molecule has 0 aliphatic rings. The van der Waals surface area contributed by atoms with Gasteiger partial charge in [0, 0.05) is 12.1 Å². The van der Waals surface area contributed by atoms with Gasteiger partial charge >= 0.3 is 0 Å². The summed E-state index contributed by atoms with van der Waals surface area (Å²) < 4.78 is 63.0. The molecule has 1 unspecified atom stereocenters. The van der Waals surface area contributed by atoms with Gasteiger partial charge in [0.05, 0.1) is 19.7 Å². The van der Waals surface area contributed by atoms with Crippen molar-refractivity contribution in [3.05, 3.63) is 23.2 Å². The number of alkyl halides is 2. The Morgan fingerprint density at radius 2 is 2.04 bits per heavy atom. The zero-order chi connectivity index (χ0) is 17.7. The van der Waals surface area contributed by atoms with E-state index in [0.29, 0.717) is 0 Å². The largest absolute Gasteiger partial charge is 0.487 e. The standard InChI is InChI=1S/C13H19ClF2N2O4S.ClH/c1-9(6-21-2)22-11-4-3-10(14)5-12(11)23(19,20)18-8-13(15,16)7-17;/h3-5,9,18H,6-8,17H2,1-2H3;1H. The molecule has 1 rings (SSSR count). The first kappa shape index (κ1) is 23.3. The monoisotopic (exact) mass is 408 g/mol. The van der Waals surface area contributed by atoms with Gasteiger partial charge in [0.1, 0.15) is 16.7 Å². The minimum atomic E-state index is -4.25. The number of benzene rings is 1. The zero-order valence-electron chi connectivity index (χ0n) is 13.1. The van der Waals surface area contributed by atoms with Gasteiger partial charge in [-0.2, -0.15) is 0 Å². The second-order valence-electron chi connectivity index (χ2n) is 4.86. The van der Waals surface area contributed by atoms with Crippen LogP contribution in [0.1, 0.15) is 6.92 Å². The van der Waals surface area contributed by atoms with Crippen LogP contribution >= 0.6 is 24.0 Å². The second kappa shape index (κ2) is 9.69. The summed E-state index contributed by atoms with van der Waals surface area (Å²) in [5, 5.41) is 0.128. The summed E-state index contributed by atoms with van der Waals surface area (Å²) in [4.78, 5) is -0.333. The highest BCUT2D eigenvalue weighted by Gasteiger charge is 2.30. The van der Waals surface area contributed by atoms with Crippen molar-refractivity contribution in [2.75, 3.05) is 26.8 Å². The van der Waals surface area contributed by atoms with Gasteiger partial charge in [-0.1, -0.05) is 11.6 Å². The summed E-state index contributed by atoms with van der Waals surface area (Å²) in [6, 6.07) is 3.91. The van der Waals surface area contributed by atoms with Gasteiger partial charge in [0.2, 0.25) is 10.0 Å². The van der Waals surface area contributed by atoms with Gasteiger partial charge in [-0.3, -0.25) is 0 Å². The maximum absolute atomic E-state index is 13.2. The van der Waals surface area contributed by atoms with Crippen molar-refractivity contribution in [3.8, 4) is 5.75 Å². The van der Waals surface area contributed by atoms with Crippen LogP contribution in [0.3, 0.4) is 0 Å². The molecule has 0 radical (unpaired) electrons. The fourth-order valence-corrected chi connectivity index (χ4v) is 3.08. The van der Waals surface area contributed by atoms with E-state index in [1.165, 1.54) is 19.2 Å². The number of halogens is 4. The minimum absolute atomic E-state index is 0. The Hall–Kier alpha value is -0.710. The highest BCUT2D eigenvalue weighted by Crippen LogP contribution is 2.28. The summed E-state index contributed by atoms with van der Waals surface area (Å²) in [6.45, 7) is -0.198. The highest BCUT2D eigenvalue weighted by molar-refractivity contribution is 7.89. The molecule has 24 heavy (non-hydrogen) atoms. The molecule has 1 aromatic rings. The predicted octanol–water partition coefficient (Wildman–Crippen LogP) is 2.05. The Morgan fingerprint density at radius 3 is 2.58 bits per heavy atom. The Morgan fingerprint density at radius 1 is 1.42 bits per heavy atom. The van der Waals surface area contributed by atoms with E-state index in [-0.39, 0.29) is 34.7 Å². The number of nitrogens with two attached hydrogens (primary N) is 1. The summed E-state index contributed by atoms with van der Waals surface area (Å²) in [6.07, 6.45) is -0.444. The van der Waals surface area contributed by atoms with Crippen LogP contribution in [0.5, 0.6) is 5.75 Å². The molecule has 0 fully saturated rings. The normalized spacial score (nSPS) is 13.2. The Bertz CT molecular complexity index is 632. The first-order chi connectivity index (χ1) is 10.6. The maximum atomic E-state index is 13.2. The molecule has 0 saturated carbocycles. The van der Waals surface area contributed by atoms with Crippen LogP contribution in [0.2, 0.25) is 5.02 Å². The molecule has 6 nitrogen and oxygen atoms in total. The molecular formula is C13H20Cl2F2N2O4S. The third kappa shape index (κ3) is 7.04. The molecule has 0 aliphatic carbocycles. The fraction of sp³-hybridized carbons (Fsp3) is 0.538. The van der Waals surface area contributed by atoms with Gasteiger partial charge < -0.3 is 15.2 Å². The highest BCUT2D eigenvalue weighted by atomic mass is 35.5. The van der Waals surface area contributed by atoms with E-state index in [0.717, 1.165) is 6.07 Å². The average Bonchev–Trinajstić information content (AvgIpc) is 2.47. The van der Waals surface area contributed by atoms with E-state index >= 15 is 0 Å². The Labute approximate surface area is 151 Å². The summed E-state index contributed by atoms with van der Waals surface area (Å²) in [5.74, 6) is -3.36. The van der Waals surface area contributed by atoms with Crippen molar-refractivity contribution in [2.45, 2.75) is 23.8 Å². The lowest BCUT2D eigenvalue weighted by Gasteiger charge is -2.19. The molecular weight excluding hydrogens is 389 g/mol. The number of hydrogen-bond acceptors (Lipinski definition) is 5. The fourth-order valence-electron chi connectivity index (χ4n) is 1.63. The van der Waals surface area contributed by atoms with Crippen molar-refractivity contribution in [1.29, 1.82) is 0 Å². The molecule has 1 atom stereocenters. The number of ether oxygens (including phenoxy) is 2. The molecule has 0 aromatic heterocycles. The molecule has 0 amide bonds. The molecule has 0 heterocycles. The lowest BCUT2D eigenvalue weighted by atomic mass is 10.3. The maximum Gasteiger partial charge on any atom is 0.273 e. The van der Waals surface area contributed by atoms with Crippen molar-refractivity contribution < 1.29 is 26.7 Å². The molecule has 0 saturated heterocycles. The van der Waals surface area contributed by atoms with E-state index in [2.05, 4.69) is 0 Å². The predicted molar refractivity (Wildman–Crippen MR) is 89.9 cm³/mol. The van der Waals surface area contributed by atoms with Gasteiger partial charge in [0.15, 0.2) is 0 Å². The van der Waals surface area contributed by atoms with E-state index in [9.17, 15) is 17.2 Å². The first-order valence-electron chi connectivity index (χ1n) is 6.64. The van der Waals surface area contributed by atoms with E-state index in [4.69, 9.17) is 26.8 Å². The zero-order valence-corrected chi connectivity index (χ0v) is 15.5. The van der Waals surface area contributed by atoms with Crippen molar-refractivity contribution in [2.24, 2.45) is 5.73 Å². The molecule has 0 aliphatic heterocycles. The minimum Gasteiger partial charge on any atom is -0.487 e. The van der Waals surface area contributed by atoms with E-state index < -0.39 is 35.1 Å². The third-order valence-corrected chi connectivity index (χ3v) is 4.40. The molecule has 11 heteroatoms. The van der Waals surface area contributed by atoms with Gasteiger partial charge in [-0.15, -0.1) is 12.4 Å². The van der Waals surface area contributed by atoms with Gasteiger partial charge in [-0.25, -0.2) is 21.9 Å². The number of methoxy groups -OCH3 is 1. The van der Waals surface area contributed by atoms with Crippen LogP contribution < -0.4 is 15.2 Å². The summed E-state index contributed by atoms with van der Waals surface area (Å²) in [7, 11) is -2.79. The van der Waals surface area contributed by atoms with Crippen molar-refractivity contribution in [1.82, 2.24) is 4.72 Å². The molecule has 1 aromatic carbocycles.